The summed E-state index contributed by atoms with van der Waals surface area (Å²) in [5.74, 6) is 3.07. The van der Waals surface area contributed by atoms with E-state index in [0.717, 1.165) is 39.9 Å². The topological polar surface area (TPSA) is 44.3 Å². The highest BCUT2D eigenvalue weighted by Crippen LogP contribution is 2.35. The van der Waals surface area contributed by atoms with Gasteiger partial charge >= 0.3 is 5.97 Å². The smallest absolute Gasteiger partial charge is 0.348 e. The number of fused-ring (bicyclic) bond motifs is 1. The zero-order chi connectivity index (χ0) is 23.5. The number of hydrogen-bond donors (Lipinski definition) is 0. The largest absolute Gasteiger partial charge is 0.481 e. The highest BCUT2D eigenvalue weighted by Gasteiger charge is 2.34. The molecule has 0 aliphatic heterocycles. The summed E-state index contributed by atoms with van der Waals surface area (Å²) in [5, 5.41) is 0. The molecule has 4 rings (SSSR count). The predicted molar refractivity (Wildman–Crippen MR) is 133 cm³/mol. The van der Waals surface area contributed by atoms with Gasteiger partial charge in [0.15, 0.2) is 24.2 Å². The summed E-state index contributed by atoms with van der Waals surface area (Å²) >= 11 is 3.46. The zero-order valence-electron chi connectivity index (χ0n) is 20.0. The molecule has 1 saturated carbocycles. The molecule has 6 heteroatoms. The first kappa shape index (κ1) is 23.8. The molecule has 176 valence electrons. The number of halogens is 1. The van der Waals surface area contributed by atoms with Crippen molar-refractivity contribution in [2.75, 3.05) is 0 Å². The second-order valence-corrected chi connectivity index (χ2v) is 10.6. The van der Waals surface area contributed by atoms with Gasteiger partial charge in [0, 0.05) is 4.47 Å². The van der Waals surface area contributed by atoms with Crippen LogP contribution in [-0.2, 0) is 29.7 Å². The molecule has 3 aromatic rings. The van der Waals surface area contributed by atoms with Gasteiger partial charge in [-0.25, -0.2) is 13.9 Å². The maximum absolute atomic E-state index is 13.2. The molecule has 0 amide bonds. The van der Waals surface area contributed by atoms with Crippen LogP contribution in [0.1, 0.15) is 45.9 Å². The fraction of sp³-hybridized carbons (Fsp3) is 0.481. The van der Waals surface area contributed by atoms with Crippen molar-refractivity contribution >= 4 is 32.9 Å². The number of benzene rings is 2. The summed E-state index contributed by atoms with van der Waals surface area (Å²) in [5.41, 5.74) is 2.06. The first-order chi connectivity index (χ1) is 15.8. The molecule has 0 radical (unpaired) electrons. The van der Waals surface area contributed by atoms with Crippen molar-refractivity contribution in [2.45, 2.75) is 59.3 Å². The average molecular weight is 514 g/mol. The Hall–Kier alpha value is -2.34. The van der Waals surface area contributed by atoms with Gasteiger partial charge in [0.2, 0.25) is 0 Å². The third kappa shape index (κ3) is 5.43. The number of esters is 1. The van der Waals surface area contributed by atoms with Crippen molar-refractivity contribution < 1.29 is 18.8 Å². The Balaban J connectivity index is 1.56. The monoisotopic (exact) mass is 513 g/mol. The molecule has 0 saturated heterocycles. The van der Waals surface area contributed by atoms with Gasteiger partial charge in [0.1, 0.15) is 11.9 Å². The number of imidazole rings is 1. The van der Waals surface area contributed by atoms with E-state index in [1.165, 1.54) is 6.42 Å². The molecule has 0 unspecified atom stereocenters. The average Bonchev–Trinajstić information content (AvgIpc) is 3.04. The van der Waals surface area contributed by atoms with Gasteiger partial charge in [-0.2, -0.15) is 0 Å². The minimum Gasteiger partial charge on any atom is -0.481 e. The fourth-order valence-electron chi connectivity index (χ4n) is 5.05. The van der Waals surface area contributed by atoms with Crippen LogP contribution >= 0.6 is 15.9 Å². The van der Waals surface area contributed by atoms with Crippen molar-refractivity contribution in [3.63, 3.8) is 0 Å². The molecule has 5 nitrogen and oxygen atoms in total. The molecule has 0 N–H and O–H groups in total. The molecule has 1 heterocycles. The van der Waals surface area contributed by atoms with E-state index in [1.54, 1.807) is 0 Å². The van der Waals surface area contributed by atoms with Crippen molar-refractivity contribution in [3.8, 4) is 5.75 Å². The van der Waals surface area contributed by atoms with Crippen LogP contribution in [0.2, 0.25) is 0 Å². The van der Waals surface area contributed by atoms with E-state index in [0.29, 0.717) is 24.4 Å². The standard InChI is InChI=1S/C27H34BrN2O3/c1-18(2)22-14-9-19(3)15-25(22)33-27(31)16-30-24-8-6-5-7-23(24)29(4)26(30)17-32-21-12-10-20(28)11-13-21/h5-8,10-13,18-19,22,25H,9,14-17H2,1-4H3/q+1/t19-,22+,25-/m1/s1. The van der Waals surface area contributed by atoms with E-state index in [-0.39, 0.29) is 18.6 Å². The molecule has 3 atom stereocenters. The van der Waals surface area contributed by atoms with Crippen LogP contribution in [0.3, 0.4) is 0 Å². The maximum Gasteiger partial charge on any atom is 0.348 e. The normalized spacial score (nSPS) is 20.8. The van der Waals surface area contributed by atoms with Gasteiger partial charge in [0.05, 0.1) is 7.05 Å². The molecule has 1 aliphatic carbocycles. The minimum atomic E-state index is -0.175. The Morgan fingerprint density at radius 1 is 1.15 bits per heavy atom. The Morgan fingerprint density at radius 3 is 2.61 bits per heavy atom. The van der Waals surface area contributed by atoms with E-state index >= 15 is 0 Å². The van der Waals surface area contributed by atoms with Crippen LogP contribution in [0.4, 0.5) is 0 Å². The summed E-state index contributed by atoms with van der Waals surface area (Å²) in [7, 11) is 2.02. The number of rotatable bonds is 7. The molecule has 1 aromatic heterocycles. The van der Waals surface area contributed by atoms with Crippen molar-refractivity contribution in [1.29, 1.82) is 0 Å². The summed E-state index contributed by atoms with van der Waals surface area (Å²) in [6, 6.07) is 15.9. The summed E-state index contributed by atoms with van der Waals surface area (Å²) in [6.45, 7) is 7.26. The molecule has 0 bridgehead atoms. The fourth-order valence-corrected chi connectivity index (χ4v) is 5.31. The number of carbonyl (C=O) groups excluding carboxylic acids is 1. The molecule has 2 aromatic carbocycles. The van der Waals surface area contributed by atoms with Crippen LogP contribution in [0, 0.1) is 17.8 Å². The molecule has 33 heavy (non-hydrogen) atoms. The van der Waals surface area contributed by atoms with E-state index in [1.807, 2.05) is 54.1 Å². The number of para-hydroxylation sites is 2. The third-order valence-electron chi connectivity index (χ3n) is 6.95. The molecular formula is C27H34BrN2O3+. The minimum absolute atomic E-state index is 0.000656. The molecule has 0 spiro atoms. The van der Waals surface area contributed by atoms with E-state index in [4.69, 9.17) is 9.47 Å². The quantitative estimate of drug-likeness (QED) is 0.295. The van der Waals surface area contributed by atoms with Gasteiger partial charge < -0.3 is 9.47 Å². The second-order valence-electron chi connectivity index (χ2n) is 9.65. The van der Waals surface area contributed by atoms with E-state index in [2.05, 4.69) is 47.3 Å². The van der Waals surface area contributed by atoms with Crippen molar-refractivity contribution in [2.24, 2.45) is 24.8 Å². The van der Waals surface area contributed by atoms with Gasteiger partial charge in [0.25, 0.3) is 5.82 Å². The lowest BCUT2D eigenvalue weighted by molar-refractivity contribution is -0.655. The highest BCUT2D eigenvalue weighted by atomic mass is 79.9. The van der Waals surface area contributed by atoms with Gasteiger partial charge in [-0.15, -0.1) is 0 Å². The van der Waals surface area contributed by atoms with Crippen LogP contribution in [-0.4, -0.2) is 16.6 Å². The number of nitrogens with zero attached hydrogens (tertiary/aromatic N) is 2. The lowest BCUT2D eigenvalue weighted by atomic mass is 9.75. The number of aromatic nitrogens is 2. The van der Waals surface area contributed by atoms with Crippen LogP contribution < -0.4 is 9.30 Å². The summed E-state index contributed by atoms with van der Waals surface area (Å²) < 4.78 is 17.3. The van der Waals surface area contributed by atoms with Crippen molar-refractivity contribution in [3.05, 3.63) is 58.8 Å². The van der Waals surface area contributed by atoms with Crippen LogP contribution in [0.5, 0.6) is 5.75 Å². The highest BCUT2D eigenvalue weighted by molar-refractivity contribution is 9.10. The van der Waals surface area contributed by atoms with Gasteiger partial charge in [-0.1, -0.05) is 55.3 Å². The molecule has 1 fully saturated rings. The van der Waals surface area contributed by atoms with Gasteiger partial charge in [-0.3, -0.25) is 0 Å². The summed E-state index contributed by atoms with van der Waals surface area (Å²) in [4.78, 5) is 13.2. The maximum atomic E-state index is 13.2. The van der Waals surface area contributed by atoms with E-state index < -0.39 is 0 Å². The summed E-state index contributed by atoms with van der Waals surface area (Å²) in [6.07, 6.45) is 3.30. The lowest BCUT2D eigenvalue weighted by Crippen LogP contribution is -2.37. The SMILES string of the molecule is CC(C)[C@@H]1CC[C@@H](C)C[C@H]1OC(=O)Cn1c(COc2ccc(Br)cc2)[n+](C)c2ccccc21. The lowest BCUT2D eigenvalue weighted by Gasteiger charge is -2.36. The Kier molecular flexibility index (Phi) is 7.42. The Bertz CT molecular complexity index is 1110. The first-order valence-corrected chi connectivity index (χ1v) is 12.7. The molecule has 1 aliphatic rings. The van der Waals surface area contributed by atoms with Crippen molar-refractivity contribution in [1.82, 2.24) is 4.57 Å². The number of aryl methyl sites for hydroxylation is 1. The molecular weight excluding hydrogens is 480 g/mol. The number of hydrogen-bond acceptors (Lipinski definition) is 3. The van der Waals surface area contributed by atoms with Crippen LogP contribution in [0.15, 0.2) is 53.0 Å². The third-order valence-corrected chi connectivity index (χ3v) is 7.47. The number of carbonyl (C=O) groups is 1. The van der Waals surface area contributed by atoms with E-state index in [9.17, 15) is 4.79 Å². The zero-order valence-corrected chi connectivity index (χ0v) is 21.5. The number of ether oxygens (including phenoxy) is 2. The Morgan fingerprint density at radius 2 is 1.88 bits per heavy atom. The predicted octanol–water partition coefficient (Wildman–Crippen LogP) is 5.81. The van der Waals surface area contributed by atoms with Gasteiger partial charge in [-0.05, 0) is 67.0 Å². The Labute approximate surface area is 204 Å². The van der Waals surface area contributed by atoms with Crippen LogP contribution in [0.25, 0.3) is 11.0 Å². The second kappa shape index (κ2) is 10.3. The first-order valence-electron chi connectivity index (χ1n) is 11.9.